The number of hydrogen-bond donors (Lipinski definition) is 1. The van der Waals surface area contributed by atoms with Gasteiger partial charge in [0.05, 0.1) is 13.0 Å². The summed E-state index contributed by atoms with van der Waals surface area (Å²) in [5, 5.41) is 10.5. The summed E-state index contributed by atoms with van der Waals surface area (Å²) in [5.74, 6) is -1.98. The highest BCUT2D eigenvalue weighted by Crippen LogP contribution is 2.48. The summed E-state index contributed by atoms with van der Waals surface area (Å²) in [4.78, 5) is 23.9. The number of benzene rings is 2. The third-order valence-electron chi connectivity index (χ3n) is 4.98. The highest BCUT2D eigenvalue weighted by molar-refractivity contribution is 5.95. The zero-order chi connectivity index (χ0) is 17.6. The molecule has 4 rings (SSSR count). The molecule has 0 spiro atoms. The predicted octanol–water partition coefficient (Wildman–Crippen LogP) is 3.39. The molecule has 1 aliphatic carbocycles. The summed E-state index contributed by atoms with van der Waals surface area (Å²) in [6.45, 7) is 0.423. The Morgan fingerprint density at radius 3 is 2.48 bits per heavy atom. The van der Waals surface area contributed by atoms with Crippen molar-refractivity contribution in [3.63, 3.8) is 0 Å². The van der Waals surface area contributed by atoms with Crippen LogP contribution in [-0.2, 0) is 16.1 Å². The van der Waals surface area contributed by atoms with Gasteiger partial charge in [-0.15, -0.1) is 0 Å². The van der Waals surface area contributed by atoms with Crippen molar-refractivity contribution in [2.45, 2.75) is 18.4 Å². The van der Waals surface area contributed by atoms with E-state index in [-0.39, 0.29) is 5.92 Å². The minimum atomic E-state index is -0.834. The number of rotatable bonds is 4. The number of fused-ring (bicyclic) bond motifs is 2. The number of para-hydroxylation sites is 1. The molecule has 0 saturated heterocycles. The lowest BCUT2D eigenvalue weighted by Crippen LogP contribution is -2.34. The maximum atomic E-state index is 12.2. The highest BCUT2D eigenvalue weighted by atomic mass is 16.5. The Morgan fingerprint density at radius 1 is 1.08 bits per heavy atom. The van der Waals surface area contributed by atoms with Gasteiger partial charge in [0.1, 0.15) is 5.69 Å². The first-order chi connectivity index (χ1) is 12.1. The number of carboxylic acids is 1. The molecule has 0 saturated carbocycles. The van der Waals surface area contributed by atoms with Crippen LogP contribution in [-0.4, -0.2) is 28.7 Å². The highest BCUT2D eigenvalue weighted by Gasteiger charge is 2.42. The fourth-order valence-corrected chi connectivity index (χ4v) is 3.82. The standard InChI is InChI=1S/C20H17NO4/c1-25-20(24)17-10-12-6-2-5-9-16(12)21(17)11-15-13-7-3-4-8-14(13)18(15)19(22)23/h2-10,15,18H,11H2,1H3,(H,22,23). The Labute approximate surface area is 144 Å². The fourth-order valence-electron chi connectivity index (χ4n) is 3.82. The van der Waals surface area contributed by atoms with E-state index in [0.29, 0.717) is 12.2 Å². The number of esters is 1. The van der Waals surface area contributed by atoms with Gasteiger partial charge in [0.25, 0.3) is 0 Å². The largest absolute Gasteiger partial charge is 0.481 e. The van der Waals surface area contributed by atoms with Crippen LogP contribution in [0.3, 0.4) is 0 Å². The summed E-state index contributed by atoms with van der Waals surface area (Å²) >= 11 is 0. The summed E-state index contributed by atoms with van der Waals surface area (Å²) in [6.07, 6.45) is 0. The number of aromatic nitrogens is 1. The van der Waals surface area contributed by atoms with Crippen molar-refractivity contribution in [3.8, 4) is 0 Å². The van der Waals surface area contributed by atoms with Gasteiger partial charge in [0, 0.05) is 23.4 Å². The van der Waals surface area contributed by atoms with Gasteiger partial charge in [0.2, 0.25) is 0 Å². The van der Waals surface area contributed by atoms with Crippen molar-refractivity contribution in [3.05, 3.63) is 71.4 Å². The van der Waals surface area contributed by atoms with E-state index in [9.17, 15) is 14.7 Å². The molecule has 0 fully saturated rings. The first-order valence-electron chi connectivity index (χ1n) is 8.10. The van der Waals surface area contributed by atoms with Gasteiger partial charge in [-0.2, -0.15) is 0 Å². The molecule has 0 aliphatic heterocycles. The second-order valence-corrected chi connectivity index (χ2v) is 6.24. The molecule has 2 aromatic carbocycles. The van der Waals surface area contributed by atoms with Crippen molar-refractivity contribution in [1.29, 1.82) is 0 Å². The quantitative estimate of drug-likeness (QED) is 0.742. The van der Waals surface area contributed by atoms with Crippen LogP contribution in [0.4, 0.5) is 0 Å². The van der Waals surface area contributed by atoms with Crippen LogP contribution >= 0.6 is 0 Å². The lowest BCUT2D eigenvalue weighted by atomic mass is 9.68. The smallest absolute Gasteiger partial charge is 0.354 e. The van der Waals surface area contributed by atoms with Gasteiger partial charge in [-0.05, 0) is 23.3 Å². The summed E-state index contributed by atoms with van der Waals surface area (Å²) in [6, 6.07) is 17.1. The summed E-state index contributed by atoms with van der Waals surface area (Å²) in [5.41, 5.74) is 3.23. The van der Waals surface area contributed by atoms with Gasteiger partial charge < -0.3 is 14.4 Å². The molecule has 5 nitrogen and oxygen atoms in total. The van der Waals surface area contributed by atoms with E-state index < -0.39 is 17.9 Å². The number of methoxy groups -OCH3 is 1. The van der Waals surface area contributed by atoms with E-state index in [2.05, 4.69) is 0 Å². The van der Waals surface area contributed by atoms with Crippen molar-refractivity contribution >= 4 is 22.8 Å². The SMILES string of the molecule is COC(=O)c1cc2ccccc2n1CC1c2ccccc2C1C(=O)O. The normalized spacial score (nSPS) is 18.4. The van der Waals surface area contributed by atoms with Crippen molar-refractivity contribution in [2.75, 3.05) is 7.11 Å². The van der Waals surface area contributed by atoms with E-state index >= 15 is 0 Å². The number of hydrogen-bond acceptors (Lipinski definition) is 3. The lowest BCUT2D eigenvalue weighted by molar-refractivity contribution is -0.140. The molecule has 3 aromatic rings. The van der Waals surface area contributed by atoms with Crippen molar-refractivity contribution < 1.29 is 19.4 Å². The van der Waals surface area contributed by atoms with E-state index in [1.165, 1.54) is 7.11 Å². The van der Waals surface area contributed by atoms with Crippen LogP contribution < -0.4 is 0 Å². The number of nitrogens with zero attached hydrogens (tertiary/aromatic N) is 1. The van der Waals surface area contributed by atoms with Gasteiger partial charge in [-0.1, -0.05) is 42.5 Å². The van der Waals surface area contributed by atoms with E-state index in [1.54, 1.807) is 6.07 Å². The Hall–Kier alpha value is -3.08. The molecule has 1 N–H and O–H groups in total. The molecular formula is C20H17NO4. The number of carboxylic acid groups (broad SMARTS) is 1. The van der Waals surface area contributed by atoms with Crippen LogP contribution in [0, 0.1) is 0 Å². The Morgan fingerprint density at radius 2 is 1.76 bits per heavy atom. The van der Waals surface area contributed by atoms with Crippen molar-refractivity contribution in [1.82, 2.24) is 4.57 Å². The van der Waals surface area contributed by atoms with Gasteiger partial charge >= 0.3 is 11.9 Å². The molecule has 1 aromatic heterocycles. The molecule has 0 radical (unpaired) electrons. The number of carbonyl (C=O) groups excluding carboxylic acids is 1. The van der Waals surface area contributed by atoms with Crippen LogP contribution in [0.1, 0.15) is 33.5 Å². The zero-order valence-corrected chi connectivity index (χ0v) is 13.7. The monoisotopic (exact) mass is 335 g/mol. The average Bonchev–Trinajstić information content (AvgIpc) is 2.97. The molecular weight excluding hydrogens is 318 g/mol. The Bertz CT molecular complexity index is 988. The molecule has 25 heavy (non-hydrogen) atoms. The van der Waals surface area contributed by atoms with Gasteiger partial charge in [-0.3, -0.25) is 4.79 Å². The van der Waals surface area contributed by atoms with Gasteiger partial charge in [-0.25, -0.2) is 4.79 Å². The average molecular weight is 335 g/mol. The zero-order valence-electron chi connectivity index (χ0n) is 13.7. The van der Waals surface area contributed by atoms with E-state index in [1.807, 2.05) is 53.1 Å². The molecule has 0 amide bonds. The van der Waals surface area contributed by atoms with Crippen LogP contribution in [0.2, 0.25) is 0 Å². The lowest BCUT2D eigenvalue weighted by Gasteiger charge is -2.37. The molecule has 1 aliphatic rings. The number of aliphatic carboxylic acids is 1. The topological polar surface area (TPSA) is 68.5 Å². The minimum Gasteiger partial charge on any atom is -0.481 e. The third kappa shape index (κ3) is 2.31. The number of carbonyl (C=O) groups is 2. The van der Waals surface area contributed by atoms with Crippen LogP contribution in [0.25, 0.3) is 10.9 Å². The molecule has 2 atom stereocenters. The molecule has 5 heteroatoms. The van der Waals surface area contributed by atoms with Crippen LogP contribution in [0.5, 0.6) is 0 Å². The second-order valence-electron chi connectivity index (χ2n) is 6.24. The van der Waals surface area contributed by atoms with E-state index in [0.717, 1.165) is 22.0 Å². The Kier molecular flexibility index (Phi) is 3.57. The van der Waals surface area contributed by atoms with Crippen molar-refractivity contribution in [2.24, 2.45) is 0 Å². The fraction of sp³-hybridized carbons (Fsp3) is 0.200. The summed E-state index contributed by atoms with van der Waals surface area (Å²) < 4.78 is 6.78. The van der Waals surface area contributed by atoms with Crippen LogP contribution in [0.15, 0.2) is 54.6 Å². The maximum Gasteiger partial charge on any atom is 0.354 e. The molecule has 0 bridgehead atoms. The van der Waals surface area contributed by atoms with Gasteiger partial charge in [0.15, 0.2) is 0 Å². The number of ether oxygens (including phenoxy) is 1. The molecule has 1 heterocycles. The Balaban J connectivity index is 1.81. The maximum absolute atomic E-state index is 12.2. The first kappa shape index (κ1) is 15.4. The minimum absolute atomic E-state index is 0.173. The molecule has 2 unspecified atom stereocenters. The summed E-state index contributed by atoms with van der Waals surface area (Å²) in [7, 11) is 1.35. The van der Waals surface area contributed by atoms with E-state index in [4.69, 9.17) is 4.74 Å². The predicted molar refractivity (Wildman–Crippen MR) is 92.8 cm³/mol. The second kappa shape index (κ2) is 5.77. The third-order valence-corrected chi connectivity index (χ3v) is 4.98. The molecule has 126 valence electrons. The first-order valence-corrected chi connectivity index (χ1v) is 8.10.